The minimum atomic E-state index is -4.89. The third-order valence-electron chi connectivity index (χ3n) is 12.9. The Morgan fingerprint density at radius 1 is 1.10 bits per heavy atom. The van der Waals surface area contributed by atoms with Crippen LogP contribution in [-0.2, 0) is 33.9 Å². The van der Waals surface area contributed by atoms with Crippen LogP contribution in [0.15, 0.2) is 36.5 Å². The van der Waals surface area contributed by atoms with Gasteiger partial charge < -0.3 is 19.1 Å². The number of hydrogen-bond acceptors (Lipinski definition) is 10. The molecule has 12 nitrogen and oxygen atoms in total. The van der Waals surface area contributed by atoms with Crippen molar-refractivity contribution in [1.82, 2.24) is 14.6 Å². The average Bonchev–Trinajstić information content (AvgIpc) is 4.04. The second-order valence-corrected chi connectivity index (χ2v) is 19.8. The number of sulfonamides is 1. The lowest BCUT2D eigenvalue weighted by Gasteiger charge is -2.34. The van der Waals surface area contributed by atoms with Gasteiger partial charge in [-0.1, -0.05) is 32.4 Å². The zero-order valence-corrected chi connectivity index (χ0v) is 35.0. The molecule has 324 valence electrons. The highest BCUT2D eigenvalue weighted by molar-refractivity contribution is 7.91. The first-order valence-electron chi connectivity index (χ1n) is 20.2. The standard InChI is InChI=1S/C42H53F4N3O9S/c1-7-25-16-24(2)10-8-9-11-26-20-41(26,38(53)48-59(54,55)40(5)14-15-40)21-34(50)33-18-28(57-36-29-13-12-27(56-6)17-31(29)32(43)22-47-36)23-49(33)37(52)30(25)19-35(51)58-39(3,4)42(44,45)46/h9,11-13,17,22,24-26,28,30,33H,7-8,10,14-16,18-21,23H2,1-6H3,(H,48,53)/b11-9-/t24-,25-,26-,28-,30+,33+,41-/m1/s1. The summed E-state index contributed by atoms with van der Waals surface area (Å²) in [6, 6.07) is 3.37. The number of hydrogen-bond donors (Lipinski definition) is 1. The summed E-state index contributed by atoms with van der Waals surface area (Å²) in [5, 5.41) is 0.431. The number of benzene rings is 1. The molecule has 0 bridgehead atoms. The number of rotatable bonds is 10. The highest BCUT2D eigenvalue weighted by Gasteiger charge is 2.63. The fourth-order valence-corrected chi connectivity index (χ4v) is 9.78. The zero-order chi connectivity index (χ0) is 43.3. The molecule has 6 rings (SSSR count). The first-order chi connectivity index (χ1) is 27.5. The van der Waals surface area contributed by atoms with E-state index in [0.717, 1.165) is 20.0 Å². The van der Waals surface area contributed by atoms with E-state index < -0.39 is 104 Å². The lowest BCUT2D eigenvalue weighted by atomic mass is 9.79. The van der Waals surface area contributed by atoms with Crippen LogP contribution >= 0.6 is 0 Å². The summed E-state index contributed by atoms with van der Waals surface area (Å²) in [4.78, 5) is 62.4. The minimum absolute atomic E-state index is 0.00658. The van der Waals surface area contributed by atoms with Gasteiger partial charge in [-0.25, -0.2) is 17.8 Å². The van der Waals surface area contributed by atoms with Gasteiger partial charge in [0.25, 0.3) is 0 Å². The van der Waals surface area contributed by atoms with Crippen LogP contribution in [0.2, 0.25) is 0 Å². The maximum Gasteiger partial charge on any atom is 0.427 e. The van der Waals surface area contributed by atoms with Gasteiger partial charge in [0.1, 0.15) is 17.7 Å². The van der Waals surface area contributed by atoms with E-state index in [9.17, 15) is 45.2 Å². The topological polar surface area (TPSA) is 158 Å². The summed E-state index contributed by atoms with van der Waals surface area (Å²) in [5.74, 6) is -5.66. The Hall–Kier alpha value is -4.28. The van der Waals surface area contributed by atoms with Crippen molar-refractivity contribution in [2.24, 2.45) is 29.1 Å². The van der Waals surface area contributed by atoms with E-state index in [1.807, 2.05) is 26.0 Å². The third kappa shape index (κ3) is 9.09. The molecule has 2 aromatic rings. The molecule has 59 heavy (non-hydrogen) atoms. The molecule has 0 radical (unpaired) electrons. The second-order valence-electron chi connectivity index (χ2n) is 17.6. The van der Waals surface area contributed by atoms with Crippen molar-refractivity contribution >= 4 is 44.4 Å². The summed E-state index contributed by atoms with van der Waals surface area (Å²) in [6.07, 6.45) is 0.685. The number of pyridine rings is 1. The van der Waals surface area contributed by atoms with Crippen molar-refractivity contribution in [1.29, 1.82) is 0 Å². The van der Waals surface area contributed by atoms with Gasteiger partial charge >= 0.3 is 12.1 Å². The first kappa shape index (κ1) is 44.3. The number of carbonyl (C=O) groups is 4. The summed E-state index contributed by atoms with van der Waals surface area (Å²) < 4.78 is 101. The SMILES string of the molecule is CC[C@@H]1C[C@H](C)CC/C=C\[C@@H]2C[C@@]2(C(=O)NS(=O)(=O)C2(C)CC2)CC(=O)[C@@H]2C[C@@H](Oc3ncc(F)c4cc(OC)ccc34)CN2C(=O)[C@H]1CC(=O)OC(C)(C)C(F)(F)F. The maximum atomic E-state index is 15.0. The summed E-state index contributed by atoms with van der Waals surface area (Å²) >= 11 is 0. The number of aromatic nitrogens is 1. The lowest BCUT2D eigenvalue weighted by molar-refractivity contribution is -0.257. The Morgan fingerprint density at radius 3 is 2.46 bits per heavy atom. The quantitative estimate of drug-likeness (QED) is 0.150. The molecule has 2 saturated carbocycles. The van der Waals surface area contributed by atoms with Gasteiger partial charge in [0.2, 0.25) is 33.3 Å². The minimum Gasteiger partial charge on any atom is -0.497 e. The molecule has 1 aromatic heterocycles. The molecular weight excluding hydrogens is 799 g/mol. The van der Waals surface area contributed by atoms with Crippen LogP contribution in [0.1, 0.15) is 98.8 Å². The normalized spacial score (nSPS) is 29.4. The van der Waals surface area contributed by atoms with Crippen LogP contribution in [0.4, 0.5) is 17.6 Å². The van der Waals surface area contributed by atoms with Crippen LogP contribution in [0.5, 0.6) is 11.6 Å². The first-order valence-corrected chi connectivity index (χ1v) is 21.7. The van der Waals surface area contributed by atoms with Gasteiger partial charge in [0, 0.05) is 23.6 Å². The van der Waals surface area contributed by atoms with Gasteiger partial charge in [-0.15, -0.1) is 0 Å². The molecular formula is C42H53F4N3O9S. The number of amides is 2. The number of halogens is 4. The van der Waals surface area contributed by atoms with E-state index in [-0.39, 0.29) is 42.0 Å². The van der Waals surface area contributed by atoms with E-state index in [2.05, 4.69) is 9.71 Å². The van der Waals surface area contributed by atoms with Gasteiger partial charge in [-0.05, 0) is 95.2 Å². The van der Waals surface area contributed by atoms with E-state index in [0.29, 0.717) is 44.3 Å². The summed E-state index contributed by atoms with van der Waals surface area (Å²) in [7, 11) is -2.63. The van der Waals surface area contributed by atoms with Crippen molar-refractivity contribution in [3.8, 4) is 11.6 Å². The Bertz CT molecular complexity index is 2120. The molecule has 17 heteroatoms. The van der Waals surface area contributed by atoms with Gasteiger partial charge in [-0.3, -0.25) is 23.9 Å². The smallest absolute Gasteiger partial charge is 0.427 e. The van der Waals surface area contributed by atoms with Crippen LogP contribution < -0.4 is 14.2 Å². The summed E-state index contributed by atoms with van der Waals surface area (Å²) in [6.45, 7) is 6.58. The Kier molecular flexibility index (Phi) is 12.2. The number of esters is 1. The highest BCUT2D eigenvalue weighted by atomic mass is 32.2. The van der Waals surface area contributed by atoms with Crippen LogP contribution in [-0.4, -0.2) is 84.2 Å². The van der Waals surface area contributed by atoms with Crippen molar-refractivity contribution < 1.29 is 59.4 Å². The Balaban J connectivity index is 1.38. The number of nitrogens with one attached hydrogen (secondary N) is 1. The number of ether oxygens (including phenoxy) is 3. The number of Topliss-reactive ketones (excluding diaryl/α,β-unsaturated/α-hetero) is 1. The fourth-order valence-electron chi connectivity index (χ4n) is 8.45. The monoisotopic (exact) mass is 851 g/mol. The Morgan fingerprint density at radius 2 is 1.81 bits per heavy atom. The molecule has 7 atom stereocenters. The molecule has 0 spiro atoms. The molecule has 3 heterocycles. The van der Waals surface area contributed by atoms with Gasteiger partial charge in [0.15, 0.2) is 5.78 Å². The van der Waals surface area contributed by atoms with Crippen LogP contribution in [0.3, 0.4) is 0 Å². The Labute approximate surface area is 341 Å². The molecule has 1 aromatic carbocycles. The number of fused-ring (bicyclic) bond motifs is 3. The van der Waals surface area contributed by atoms with Crippen molar-refractivity contribution in [2.45, 2.75) is 127 Å². The molecule has 4 aliphatic rings. The van der Waals surface area contributed by atoms with Gasteiger partial charge in [-0.2, -0.15) is 13.2 Å². The van der Waals surface area contributed by atoms with E-state index >= 15 is 0 Å². The van der Waals surface area contributed by atoms with Crippen molar-refractivity contribution in [2.75, 3.05) is 13.7 Å². The predicted octanol–water partition coefficient (Wildman–Crippen LogP) is 6.99. The molecule has 1 saturated heterocycles. The summed E-state index contributed by atoms with van der Waals surface area (Å²) in [5.41, 5.74) is -4.26. The second kappa shape index (κ2) is 16.3. The van der Waals surface area contributed by atoms with Crippen molar-refractivity contribution in [3.05, 3.63) is 42.4 Å². The number of carbonyl (C=O) groups excluding carboxylic acids is 4. The van der Waals surface area contributed by atoms with E-state index in [1.54, 1.807) is 19.1 Å². The predicted molar refractivity (Wildman–Crippen MR) is 208 cm³/mol. The lowest BCUT2D eigenvalue weighted by Crippen LogP contribution is -2.49. The molecule has 2 amide bonds. The fraction of sp³-hybridized carbons (Fsp3) is 0.643. The molecule has 0 unspecified atom stereocenters. The van der Waals surface area contributed by atoms with Crippen molar-refractivity contribution in [3.63, 3.8) is 0 Å². The number of nitrogens with zero attached hydrogens (tertiary/aromatic N) is 2. The number of allylic oxidation sites excluding steroid dienone is 2. The number of methoxy groups -OCH3 is 1. The van der Waals surface area contributed by atoms with Gasteiger partial charge in [0.05, 0.1) is 48.4 Å². The molecule has 2 aliphatic heterocycles. The van der Waals surface area contributed by atoms with E-state index in [1.165, 1.54) is 18.1 Å². The van der Waals surface area contributed by atoms with Crippen LogP contribution in [0, 0.1) is 34.9 Å². The molecule has 2 aliphatic carbocycles. The molecule has 3 fully saturated rings. The van der Waals surface area contributed by atoms with Crippen LogP contribution in [0.25, 0.3) is 10.8 Å². The largest absolute Gasteiger partial charge is 0.497 e. The maximum absolute atomic E-state index is 15.0. The number of ketones is 1. The third-order valence-corrected chi connectivity index (χ3v) is 15.0. The number of alkyl halides is 3. The molecule has 1 N–H and O–H groups in total. The van der Waals surface area contributed by atoms with E-state index in [4.69, 9.17) is 14.2 Å². The highest BCUT2D eigenvalue weighted by Crippen LogP contribution is 2.58. The zero-order valence-electron chi connectivity index (χ0n) is 34.2. The average molecular weight is 852 g/mol.